The van der Waals surface area contributed by atoms with Crippen LogP contribution in [-0.4, -0.2) is 46.0 Å². The number of likely N-dealkylation sites (tertiary alicyclic amines) is 1. The number of hydrogen-bond donors (Lipinski definition) is 1. The maximum atomic E-state index is 12.8. The summed E-state index contributed by atoms with van der Waals surface area (Å²) >= 11 is 0. The quantitative estimate of drug-likeness (QED) is 0.851. The Bertz CT molecular complexity index is 695. The van der Waals surface area contributed by atoms with Crippen LogP contribution in [0.5, 0.6) is 5.75 Å². The Kier molecular flexibility index (Phi) is 4.07. The van der Waals surface area contributed by atoms with Gasteiger partial charge in [-0.3, -0.25) is 9.59 Å². The summed E-state index contributed by atoms with van der Waals surface area (Å²) in [5.74, 6) is 0.647. The zero-order chi connectivity index (χ0) is 17.5. The zero-order valence-corrected chi connectivity index (χ0v) is 14.5. The highest BCUT2D eigenvalue weighted by molar-refractivity contribution is 6.00. The molecule has 1 saturated heterocycles. The molecule has 1 amide bonds. The van der Waals surface area contributed by atoms with E-state index >= 15 is 0 Å². The van der Waals surface area contributed by atoms with Gasteiger partial charge in [-0.25, -0.2) is 0 Å². The summed E-state index contributed by atoms with van der Waals surface area (Å²) in [5.41, 5.74) is -1.03. The maximum Gasteiger partial charge on any atom is 0.254 e. The minimum absolute atomic E-state index is 0.121. The van der Waals surface area contributed by atoms with Crippen LogP contribution in [0.1, 0.15) is 61.7 Å². The van der Waals surface area contributed by atoms with Crippen molar-refractivity contribution in [2.24, 2.45) is 0 Å². The fourth-order valence-corrected chi connectivity index (χ4v) is 4.56. The molecule has 1 unspecified atom stereocenters. The van der Waals surface area contributed by atoms with E-state index in [9.17, 15) is 14.7 Å². The van der Waals surface area contributed by atoms with Crippen molar-refractivity contribution in [3.8, 4) is 5.75 Å². The lowest BCUT2D eigenvalue weighted by atomic mass is 9.84. The van der Waals surface area contributed by atoms with Crippen molar-refractivity contribution in [1.29, 1.82) is 0 Å². The molecule has 1 aromatic rings. The molecule has 5 nitrogen and oxygen atoms in total. The van der Waals surface area contributed by atoms with Crippen molar-refractivity contribution in [1.82, 2.24) is 4.90 Å². The van der Waals surface area contributed by atoms with Crippen LogP contribution in [0.2, 0.25) is 0 Å². The van der Waals surface area contributed by atoms with Crippen molar-refractivity contribution in [2.45, 2.75) is 62.6 Å². The molecule has 2 fully saturated rings. The molecule has 0 radical (unpaired) electrons. The Morgan fingerprint density at radius 3 is 2.60 bits per heavy atom. The van der Waals surface area contributed by atoms with Gasteiger partial charge >= 0.3 is 0 Å². The van der Waals surface area contributed by atoms with Gasteiger partial charge in [0.15, 0.2) is 5.78 Å². The van der Waals surface area contributed by atoms with Crippen molar-refractivity contribution in [2.75, 3.05) is 13.1 Å². The van der Waals surface area contributed by atoms with Gasteiger partial charge in [0.05, 0.1) is 12.0 Å². The molecule has 25 heavy (non-hydrogen) atoms. The Labute approximate surface area is 148 Å². The average molecular weight is 343 g/mol. The SMILES string of the molecule is O=C1CC2(CCCN(C(=O)C3(O)CCCC3)CC2)Oc2ccccc21. The Morgan fingerprint density at radius 2 is 1.80 bits per heavy atom. The number of rotatable bonds is 1. The molecule has 1 spiro atoms. The van der Waals surface area contributed by atoms with Gasteiger partial charge < -0.3 is 14.7 Å². The third-order valence-electron chi connectivity index (χ3n) is 6.01. The summed E-state index contributed by atoms with van der Waals surface area (Å²) in [6.07, 6.45) is 5.51. The number of hydrogen-bond acceptors (Lipinski definition) is 4. The molecule has 2 aliphatic heterocycles. The summed E-state index contributed by atoms with van der Waals surface area (Å²) in [6.45, 7) is 1.17. The number of amides is 1. The van der Waals surface area contributed by atoms with Gasteiger partial charge in [-0.15, -0.1) is 0 Å². The van der Waals surface area contributed by atoms with Gasteiger partial charge in [0.1, 0.15) is 17.0 Å². The lowest BCUT2D eigenvalue weighted by Gasteiger charge is -2.37. The van der Waals surface area contributed by atoms with E-state index in [0.29, 0.717) is 50.1 Å². The van der Waals surface area contributed by atoms with E-state index < -0.39 is 11.2 Å². The number of carbonyl (C=O) groups excluding carboxylic acids is 2. The van der Waals surface area contributed by atoms with Crippen LogP contribution in [0, 0.1) is 0 Å². The minimum Gasteiger partial charge on any atom is -0.486 e. The first kappa shape index (κ1) is 16.6. The van der Waals surface area contributed by atoms with E-state index in [1.54, 1.807) is 4.90 Å². The number of Topliss-reactive ketones (excluding diaryl/α,β-unsaturated/α-hetero) is 1. The second-order valence-corrected chi connectivity index (χ2v) is 7.77. The van der Waals surface area contributed by atoms with Crippen LogP contribution in [0.25, 0.3) is 0 Å². The number of fused-ring (bicyclic) bond motifs is 1. The first-order chi connectivity index (χ1) is 12.0. The molecule has 5 heteroatoms. The second kappa shape index (κ2) is 6.13. The standard InChI is InChI=1S/C20H25NO4/c22-16-14-19(25-17-7-2-1-6-15(16)17)8-5-12-21(13-11-19)18(23)20(24)9-3-4-10-20/h1-2,6-7,24H,3-5,8-14H2. The lowest BCUT2D eigenvalue weighted by molar-refractivity contribution is -0.150. The molecule has 0 aromatic heterocycles. The summed E-state index contributed by atoms with van der Waals surface area (Å²) < 4.78 is 6.27. The second-order valence-electron chi connectivity index (χ2n) is 7.77. The van der Waals surface area contributed by atoms with Gasteiger partial charge in [-0.05, 0) is 50.7 Å². The number of para-hydroxylation sites is 1. The molecule has 2 heterocycles. The van der Waals surface area contributed by atoms with E-state index in [0.717, 1.165) is 25.7 Å². The van der Waals surface area contributed by atoms with Gasteiger partial charge in [0.2, 0.25) is 0 Å². The van der Waals surface area contributed by atoms with Crippen LogP contribution in [0.3, 0.4) is 0 Å². The maximum absolute atomic E-state index is 12.8. The summed E-state index contributed by atoms with van der Waals surface area (Å²) in [4.78, 5) is 27.1. The Morgan fingerprint density at radius 1 is 1.04 bits per heavy atom. The monoisotopic (exact) mass is 343 g/mol. The summed E-state index contributed by atoms with van der Waals surface area (Å²) in [5, 5.41) is 10.6. The van der Waals surface area contributed by atoms with E-state index in [1.165, 1.54) is 0 Å². The summed E-state index contributed by atoms with van der Waals surface area (Å²) in [6, 6.07) is 7.40. The molecule has 3 aliphatic rings. The van der Waals surface area contributed by atoms with E-state index in [1.807, 2.05) is 24.3 Å². The van der Waals surface area contributed by atoms with E-state index in [-0.39, 0.29) is 11.7 Å². The predicted molar refractivity (Wildman–Crippen MR) is 92.6 cm³/mol. The first-order valence-electron chi connectivity index (χ1n) is 9.34. The van der Waals surface area contributed by atoms with Gasteiger partial charge in [-0.2, -0.15) is 0 Å². The third kappa shape index (κ3) is 2.95. The number of benzene rings is 1. The smallest absolute Gasteiger partial charge is 0.254 e. The summed E-state index contributed by atoms with van der Waals surface area (Å²) in [7, 11) is 0. The highest BCUT2D eigenvalue weighted by atomic mass is 16.5. The van der Waals surface area contributed by atoms with Crippen molar-refractivity contribution in [3.63, 3.8) is 0 Å². The Hall–Kier alpha value is -1.88. The predicted octanol–water partition coefficient (Wildman–Crippen LogP) is 2.71. The minimum atomic E-state index is -1.17. The average Bonchev–Trinajstić information content (AvgIpc) is 2.96. The molecular formula is C20H25NO4. The molecule has 0 bridgehead atoms. The third-order valence-corrected chi connectivity index (χ3v) is 6.01. The highest BCUT2D eigenvalue weighted by Gasteiger charge is 2.45. The fraction of sp³-hybridized carbons (Fsp3) is 0.600. The largest absolute Gasteiger partial charge is 0.486 e. The van der Waals surface area contributed by atoms with Crippen LogP contribution in [0.4, 0.5) is 0 Å². The number of nitrogens with zero attached hydrogens (tertiary/aromatic N) is 1. The highest BCUT2D eigenvalue weighted by Crippen LogP contribution is 2.40. The van der Waals surface area contributed by atoms with Crippen LogP contribution in [-0.2, 0) is 4.79 Å². The van der Waals surface area contributed by atoms with E-state index in [2.05, 4.69) is 0 Å². The lowest BCUT2D eigenvalue weighted by Crippen LogP contribution is -2.48. The van der Waals surface area contributed by atoms with Crippen LogP contribution >= 0.6 is 0 Å². The number of ether oxygens (including phenoxy) is 1. The molecule has 1 aliphatic carbocycles. The molecule has 1 N–H and O–H groups in total. The van der Waals surface area contributed by atoms with Gasteiger partial charge in [-0.1, -0.05) is 12.1 Å². The van der Waals surface area contributed by atoms with Crippen molar-refractivity contribution >= 4 is 11.7 Å². The van der Waals surface area contributed by atoms with Gasteiger partial charge in [0.25, 0.3) is 5.91 Å². The van der Waals surface area contributed by atoms with Crippen LogP contribution < -0.4 is 4.74 Å². The Balaban J connectivity index is 1.50. The van der Waals surface area contributed by atoms with Crippen molar-refractivity contribution < 1.29 is 19.4 Å². The van der Waals surface area contributed by atoms with Crippen LogP contribution in [0.15, 0.2) is 24.3 Å². The zero-order valence-electron chi connectivity index (χ0n) is 14.5. The number of carbonyl (C=O) groups is 2. The normalized spacial score (nSPS) is 28.4. The number of aliphatic hydroxyl groups is 1. The van der Waals surface area contributed by atoms with Gasteiger partial charge in [0, 0.05) is 19.5 Å². The topological polar surface area (TPSA) is 66.8 Å². The fourth-order valence-electron chi connectivity index (χ4n) is 4.56. The van der Waals surface area contributed by atoms with E-state index in [4.69, 9.17) is 4.74 Å². The first-order valence-corrected chi connectivity index (χ1v) is 9.34. The molecule has 1 aromatic carbocycles. The molecule has 1 saturated carbocycles. The van der Waals surface area contributed by atoms with Crippen molar-refractivity contribution in [3.05, 3.63) is 29.8 Å². The molecular weight excluding hydrogens is 318 g/mol. The molecule has 134 valence electrons. The molecule has 1 atom stereocenters. The number of ketones is 1. The molecule has 4 rings (SSSR count).